The molecule has 0 N–H and O–H groups in total. The lowest BCUT2D eigenvalue weighted by Crippen LogP contribution is -2.14. The number of benzene rings is 1. The fraction of sp³-hybridized carbons (Fsp3) is 0.222. The fourth-order valence-corrected chi connectivity index (χ4v) is 1.05. The van der Waals surface area contributed by atoms with Crippen molar-refractivity contribution in [3.63, 3.8) is 0 Å². The van der Waals surface area contributed by atoms with Crippen molar-refractivity contribution in [2.75, 3.05) is 0 Å². The first-order valence-electron chi connectivity index (χ1n) is 3.58. The van der Waals surface area contributed by atoms with Gasteiger partial charge in [0.15, 0.2) is 6.29 Å². The van der Waals surface area contributed by atoms with Crippen LogP contribution < -0.4 is 0 Å². The first-order chi connectivity index (χ1) is 5.97. The van der Waals surface area contributed by atoms with Crippen LogP contribution in [0.15, 0.2) is 18.2 Å². The van der Waals surface area contributed by atoms with E-state index in [1.165, 1.54) is 12.1 Å². The number of aryl methyl sites for hydroxylation is 1. The number of carbonyl (C=O) groups excluding carboxylic acids is 1. The van der Waals surface area contributed by atoms with E-state index in [0.717, 1.165) is 6.07 Å². The van der Waals surface area contributed by atoms with E-state index in [2.05, 4.69) is 0 Å². The summed E-state index contributed by atoms with van der Waals surface area (Å²) in [6, 6.07) is 3.75. The summed E-state index contributed by atoms with van der Waals surface area (Å²) < 4.78 is 25.5. The summed E-state index contributed by atoms with van der Waals surface area (Å²) in [5.41, 5.74) is 0.324. The van der Waals surface area contributed by atoms with Crippen molar-refractivity contribution >= 4 is 17.9 Å². The highest BCUT2D eigenvalue weighted by Gasteiger charge is 2.30. The molecule has 0 bridgehead atoms. The summed E-state index contributed by atoms with van der Waals surface area (Å²) in [6.45, 7) is 1.70. The molecule has 1 aromatic rings. The highest BCUT2D eigenvalue weighted by molar-refractivity contribution is 6.31. The zero-order chi connectivity index (χ0) is 10.1. The average molecular weight is 205 g/mol. The Bertz CT molecular complexity index is 336. The van der Waals surface area contributed by atoms with Gasteiger partial charge >= 0.3 is 5.92 Å². The number of halogens is 3. The highest BCUT2D eigenvalue weighted by Crippen LogP contribution is 2.28. The molecule has 0 atom stereocenters. The molecule has 1 aromatic carbocycles. The third-order valence-corrected chi connectivity index (χ3v) is 2.11. The number of carbonyl (C=O) groups is 1. The summed E-state index contributed by atoms with van der Waals surface area (Å²) in [7, 11) is 0. The monoisotopic (exact) mass is 204 g/mol. The smallest absolute Gasteiger partial charge is 0.296 e. The minimum Gasteiger partial charge on any atom is -0.296 e. The Kier molecular flexibility index (Phi) is 2.66. The van der Waals surface area contributed by atoms with Gasteiger partial charge in [-0.05, 0) is 18.6 Å². The van der Waals surface area contributed by atoms with Crippen molar-refractivity contribution in [1.82, 2.24) is 0 Å². The summed E-state index contributed by atoms with van der Waals surface area (Å²) >= 11 is 5.63. The third kappa shape index (κ3) is 2.04. The van der Waals surface area contributed by atoms with Gasteiger partial charge < -0.3 is 0 Å². The van der Waals surface area contributed by atoms with E-state index in [0.29, 0.717) is 5.56 Å². The molecule has 0 amide bonds. The Morgan fingerprint density at radius 1 is 1.46 bits per heavy atom. The molecule has 4 heteroatoms. The molecule has 0 fully saturated rings. The van der Waals surface area contributed by atoms with Crippen LogP contribution in [0.1, 0.15) is 11.1 Å². The second kappa shape index (κ2) is 3.42. The maximum atomic E-state index is 12.8. The minimum absolute atomic E-state index is 0.235. The molecule has 0 spiro atoms. The molecule has 0 aliphatic heterocycles. The van der Waals surface area contributed by atoms with E-state index in [1.807, 2.05) is 0 Å². The first kappa shape index (κ1) is 10.1. The van der Waals surface area contributed by atoms with Crippen LogP contribution in [0.5, 0.6) is 0 Å². The molecule has 70 valence electrons. The van der Waals surface area contributed by atoms with Crippen molar-refractivity contribution in [3.05, 3.63) is 34.3 Å². The molecule has 0 aliphatic rings. The van der Waals surface area contributed by atoms with Gasteiger partial charge in [0, 0.05) is 10.6 Å². The Hall–Kier alpha value is -0.960. The van der Waals surface area contributed by atoms with Crippen LogP contribution in [0.4, 0.5) is 8.78 Å². The Morgan fingerprint density at radius 3 is 2.54 bits per heavy atom. The second-order valence-corrected chi connectivity index (χ2v) is 3.11. The van der Waals surface area contributed by atoms with E-state index in [-0.39, 0.29) is 10.6 Å². The molecular formula is C9H7ClF2O. The lowest BCUT2D eigenvalue weighted by atomic mass is 10.1. The molecule has 0 radical (unpaired) electrons. The molecule has 13 heavy (non-hydrogen) atoms. The maximum Gasteiger partial charge on any atom is 0.327 e. The van der Waals surface area contributed by atoms with Gasteiger partial charge in [-0.3, -0.25) is 4.79 Å². The number of hydrogen-bond donors (Lipinski definition) is 0. The molecule has 0 aliphatic carbocycles. The van der Waals surface area contributed by atoms with Crippen molar-refractivity contribution in [1.29, 1.82) is 0 Å². The first-order valence-corrected chi connectivity index (χ1v) is 3.96. The van der Waals surface area contributed by atoms with Gasteiger partial charge in [-0.25, -0.2) is 0 Å². The van der Waals surface area contributed by atoms with Crippen LogP contribution >= 0.6 is 11.6 Å². The second-order valence-electron chi connectivity index (χ2n) is 2.70. The van der Waals surface area contributed by atoms with E-state index in [9.17, 15) is 13.6 Å². The van der Waals surface area contributed by atoms with Gasteiger partial charge in [0.05, 0.1) is 0 Å². The zero-order valence-corrected chi connectivity index (χ0v) is 7.61. The van der Waals surface area contributed by atoms with Gasteiger partial charge in [-0.1, -0.05) is 23.7 Å². The van der Waals surface area contributed by atoms with E-state index >= 15 is 0 Å². The molecule has 0 saturated heterocycles. The number of rotatable bonds is 2. The highest BCUT2D eigenvalue weighted by atomic mass is 35.5. The normalized spacial score (nSPS) is 11.4. The fourth-order valence-electron chi connectivity index (χ4n) is 0.868. The van der Waals surface area contributed by atoms with Gasteiger partial charge in [-0.2, -0.15) is 8.78 Å². The lowest BCUT2D eigenvalue weighted by Gasteiger charge is -2.09. The predicted octanol–water partition coefficient (Wildman–Crippen LogP) is 2.94. The average Bonchev–Trinajstić information content (AvgIpc) is 2.09. The molecule has 0 unspecified atom stereocenters. The van der Waals surface area contributed by atoms with Gasteiger partial charge in [0.2, 0.25) is 0 Å². The quantitative estimate of drug-likeness (QED) is 0.677. The zero-order valence-electron chi connectivity index (χ0n) is 6.85. The van der Waals surface area contributed by atoms with Crippen molar-refractivity contribution in [2.45, 2.75) is 12.8 Å². The summed E-state index contributed by atoms with van der Waals surface area (Å²) in [5, 5.41) is 0.235. The van der Waals surface area contributed by atoms with Crippen LogP contribution in [-0.4, -0.2) is 6.29 Å². The SMILES string of the molecule is Cc1ccc(C(F)(F)C=O)cc1Cl. The van der Waals surface area contributed by atoms with Crippen molar-refractivity contribution < 1.29 is 13.6 Å². The van der Waals surface area contributed by atoms with Gasteiger partial charge in [0.1, 0.15) is 0 Å². The molecule has 0 aromatic heterocycles. The van der Waals surface area contributed by atoms with Gasteiger partial charge in [0.25, 0.3) is 0 Å². The Morgan fingerprint density at radius 2 is 2.08 bits per heavy atom. The van der Waals surface area contributed by atoms with E-state index in [4.69, 9.17) is 11.6 Å². The van der Waals surface area contributed by atoms with Crippen LogP contribution in [-0.2, 0) is 10.7 Å². The Balaban J connectivity index is 3.18. The third-order valence-electron chi connectivity index (χ3n) is 1.70. The van der Waals surface area contributed by atoms with E-state index in [1.54, 1.807) is 6.92 Å². The molecule has 0 heterocycles. The topological polar surface area (TPSA) is 17.1 Å². The lowest BCUT2D eigenvalue weighted by molar-refractivity contribution is -0.130. The standard InChI is InChI=1S/C9H7ClF2O/c1-6-2-3-7(4-8(6)10)9(11,12)5-13/h2-5H,1H3. The molecule has 1 nitrogen and oxygen atoms in total. The molecule has 0 saturated carbocycles. The predicted molar refractivity (Wildman–Crippen MR) is 46.1 cm³/mol. The van der Waals surface area contributed by atoms with Crippen LogP contribution in [0, 0.1) is 6.92 Å². The number of alkyl halides is 2. The van der Waals surface area contributed by atoms with Gasteiger partial charge in [-0.15, -0.1) is 0 Å². The van der Waals surface area contributed by atoms with Crippen LogP contribution in [0.3, 0.4) is 0 Å². The molecular weight excluding hydrogens is 198 g/mol. The van der Waals surface area contributed by atoms with E-state index < -0.39 is 12.2 Å². The largest absolute Gasteiger partial charge is 0.327 e. The number of aldehydes is 1. The van der Waals surface area contributed by atoms with Crippen LogP contribution in [0.2, 0.25) is 5.02 Å². The molecule has 1 rings (SSSR count). The van der Waals surface area contributed by atoms with Crippen molar-refractivity contribution in [2.24, 2.45) is 0 Å². The maximum absolute atomic E-state index is 12.8. The summed E-state index contributed by atoms with van der Waals surface area (Å²) in [4.78, 5) is 10.0. The van der Waals surface area contributed by atoms with Crippen LogP contribution in [0.25, 0.3) is 0 Å². The number of hydrogen-bond acceptors (Lipinski definition) is 1. The van der Waals surface area contributed by atoms with Crippen molar-refractivity contribution in [3.8, 4) is 0 Å². The minimum atomic E-state index is -3.45. The summed E-state index contributed by atoms with van der Waals surface area (Å²) in [6.07, 6.45) is -0.395. The Labute approximate surface area is 79.3 Å². The summed E-state index contributed by atoms with van der Waals surface area (Å²) in [5.74, 6) is -3.45.